The predicted octanol–water partition coefficient (Wildman–Crippen LogP) is 2.13. The van der Waals surface area contributed by atoms with Gasteiger partial charge in [0.05, 0.1) is 12.5 Å². The van der Waals surface area contributed by atoms with Gasteiger partial charge in [-0.15, -0.1) is 0 Å². The molecule has 0 radical (unpaired) electrons. The van der Waals surface area contributed by atoms with Crippen LogP contribution in [0.5, 0.6) is 0 Å². The third-order valence-corrected chi connectivity index (χ3v) is 4.53. The van der Waals surface area contributed by atoms with Gasteiger partial charge in [-0.1, -0.05) is 24.2 Å². The average Bonchev–Trinajstić information content (AvgIpc) is 3.15. The van der Waals surface area contributed by atoms with Crippen molar-refractivity contribution in [2.24, 2.45) is 0 Å². The molecular formula is C19H20N6O2. The first-order valence-electron chi connectivity index (χ1n) is 8.93. The van der Waals surface area contributed by atoms with Crippen molar-refractivity contribution in [3.63, 3.8) is 0 Å². The van der Waals surface area contributed by atoms with E-state index in [9.17, 15) is 4.79 Å². The third-order valence-electron chi connectivity index (χ3n) is 4.53. The summed E-state index contributed by atoms with van der Waals surface area (Å²) in [5.41, 5.74) is 2.07. The van der Waals surface area contributed by atoms with Crippen molar-refractivity contribution in [1.82, 2.24) is 25.0 Å². The maximum absolute atomic E-state index is 12.2. The second kappa shape index (κ2) is 7.63. The maximum atomic E-state index is 12.2. The van der Waals surface area contributed by atoms with Crippen LogP contribution in [0.2, 0.25) is 0 Å². The molecule has 8 nitrogen and oxygen atoms in total. The third kappa shape index (κ3) is 4.01. The van der Waals surface area contributed by atoms with Crippen molar-refractivity contribution in [3.8, 4) is 11.6 Å². The van der Waals surface area contributed by atoms with Crippen LogP contribution in [0.3, 0.4) is 0 Å². The summed E-state index contributed by atoms with van der Waals surface area (Å²) in [5.74, 6) is 1.49. The van der Waals surface area contributed by atoms with Crippen LogP contribution in [0.25, 0.3) is 11.6 Å². The Hall–Kier alpha value is -3.13. The number of likely N-dealkylation sites (tertiary alicyclic amines) is 1. The summed E-state index contributed by atoms with van der Waals surface area (Å²) in [4.78, 5) is 26.8. The number of aryl methyl sites for hydroxylation is 1. The molecule has 1 aromatic carbocycles. The van der Waals surface area contributed by atoms with Gasteiger partial charge in [0.2, 0.25) is 23.4 Å². The minimum absolute atomic E-state index is 0.0263. The number of benzene rings is 1. The van der Waals surface area contributed by atoms with Crippen molar-refractivity contribution in [3.05, 3.63) is 54.2 Å². The fraction of sp³-hybridized carbons (Fsp3) is 0.316. The highest BCUT2D eigenvalue weighted by Gasteiger charge is 2.33. The summed E-state index contributed by atoms with van der Waals surface area (Å²) in [5, 5.41) is 6.86. The molecule has 1 aliphatic rings. The SMILES string of the molecule is CCc1ccc(NC(=O)CN2CC(c3nc(-c4ncccn4)no3)C2)cc1. The molecule has 1 fully saturated rings. The second-order valence-corrected chi connectivity index (χ2v) is 6.52. The van der Waals surface area contributed by atoms with Gasteiger partial charge in [-0.05, 0) is 30.2 Å². The van der Waals surface area contributed by atoms with Crippen LogP contribution < -0.4 is 5.32 Å². The molecule has 3 aromatic rings. The Kier molecular flexibility index (Phi) is 4.88. The van der Waals surface area contributed by atoms with Crippen molar-refractivity contribution in [1.29, 1.82) is 0 Å². The predicted molar refractivity (Wildman–Crippen MR) is 99.0 cm³/mol. The Morgan fingerprint density at radius 3 is 2.63 bits per heavy atom. The van der Waals surface area contributed by atoms with Crippen LogP contribution in [0.1, 0.15) is 24.3 Å². The monoisotopic (exact) mass is 364 g/mol. The van der Waals surface area contributed by atoms with Gasteiger partial charge in [0, 0.05) is 31.2 Å². The van der Waals surface area contributed by atoms with E-state index in [1.165, 1.54) is 5.56 Å². The van der Waals surface area contributed by atoms with Gasteiger partial charge in [0.1, 0.15) is 0 Å². The molecule has 1 amide bonds. The summed E-state index contributed by atoms with van der Waals surface area (Å²) in [6, 6.07) is 9.65. The molecule has 3 heterocycles. The Labute approximate surface area is 156 Å². The summed E-state index contributed by atoms with van der Waals surface area (Å²) >= 11 is 0. The first-order valence-corrected chi connectivity index (χ1v) is 8.93. The molecule has 0 atom stereocenters. The smallest absolute Gasteiger partial charge is 0.240 e. The van der Waals surface area contributed by atoms with E-state index in [1.54, 1.807) is 18.5 Å². The van der Waals surface area contributed by atoms with Crippen molar-refractivity contribution in [2.45, 2.75) is 19.3 Å². The lowest BCUT2D eigenvalue weighted by Crippen LogP contribution is -2.48. The molecule has 0 saturated carbocycles. The molecule has 0 unspecified atom stereocenters. The molecule has 0 spiro atoms. The van der Waals surface area contributed by atoms with Crippen molar-refractivity contribution < 1.29 is 9.32 Å². The number of carbonyl (C=O) groups is 1. The largest absolute Gasteiger partial charge is 0.338 e. The Balaban J connectivity index is 1.27. The highest BCUT2D eigenvalue weighted by molar-refractivity contribution is 5.92. The van der Waals surface area contributed by atoms with Gasteiger partial charge in [-0.2, -0.15) is 4.98 Å². The van der Waals surface area contributed by atoms with Crippen molar-refractivity contribution >= 4 is 11.6 Å². The van der Waals surface area contributed by atoms with E-state index < -0.39 is 0 Å². The van der Waals surface area contributed by atoms with E-state index in [4.69, 9.17) is 4.52 Å². The molecule has 1 saturated heterocycles. The topological polar surface area (TPSA) is 97.0 Å². The highest BCUT2D eigenvalue weighted by Crippen LogP contribution is 2.26. The highest BCUT2D eigenvalue weighted by atomic mass is 16.5. The normalized spacial score (nSPS) is 14.7. The summed E-state index contributed by atoms with van der Waals surface area (Å²) in [6.45, 7) is 3.86. The number of anilines is 1. The minimum atomic E-state index is -0.0263. The lowest BCUT2D eigenvalue weighted by Gasteiger charge is -2.36. The first kappa shape index (κ1) is 17.3. The molecule has 0 aliphatic carbocycles. The molecule has 8 heteroatoms. The zero-order valence-corrected chi connectivity index (χ0v) is 15.0. The van der Waals surface area contributed by atoms with Crippen LogP contribution in [-0.4, -0.2) is 50.5 Å². The van der Waals surface area contributed by atoms with E-state index in [0.29, 0.717) is 37.2 Å². The van der Waals surface area contributed by atoms with Gasteiger partial charge in [-0.25, -0.2) is 9.97 Å². The molecule has 4 rings (SSSR count). The van der Waals surface area contributed by atoms with E-state index in [0.717, 1.165) is 12.1 Å². The molecule has 1 aliphatic heterocycles. The van der Waals surface area contributed by atoms with Crippen LogP contribution in [0.4, 0.5) is 5.69 Å². The number of rotatable bonds is 6. The zero-order chi connectivity index (χ0) is 18.6. The molecule has 0 bridgehead atoms. The molecule has 1 N–H and O–H groups in total. The van der Waals surface area contributed by atoms with Gasteiger partial charge in [-0.3, -0.25) is 9.69 Å². The average molecular weight is 364 g/mol. The number of nitrogens with zero attached hydrogens (tertiary/aromatic N) is 5. The number of carbonyl (C=O) groups excluding carboxylic acids is 1. The van der Waals surface area contributed by atoms with Gasteiger partial charge >= 0.3 is 0 Å². The van der Waals surface area contributed by atoms with E-state index in [-0.39, 0.29) is 11.8 Å². The lowest BCUT2D eigenvalue weighted by atomic mass is 10.0. The standard InChI is InChI=1S/C19H20N6O2/c1-2-13-4-6-15(7-5-13)22-16(26)12-25-10-14(11-25)19-23-18(24-27-19)17-20-8-3-9-21-17/h3-9,14H,2,10-12H2,1H3,(H,22,26). The Morgan fingerprint density at radius 2 is 1.93 bits per heavy atom. The van der Waals surface area contributed by atoms with E-state index >= 15 is 0 Å². The molecule has 138 valence electrons. The van der Waals surface area contributed by atoms with Gasteiger partial charge in [0.15, 0.2) is 0 Å². The summed E-state index contributed by atoms with van der Waals surface area (Å²) in [6.07, 6.45) is 4.26. The second-order valence-electron chi connectivity index (χ2n) is 6.52. The molecule has 27 heavy (non-hydrogen) atoms. The van der Waals surface area contributed by atoms with Crippen LogP contribution in [-0.2, 0) is 11.2 Å². The molecule has 2 aromatic heterocycles. The number of hydrogen-bond acceptors (Lipinski definition) is 7. The minimum Gasteiger partial charge on any atom is -0.338 e. The van der Waals surface area contributed by atoms with E-state index in [1.807, 2.05) is 29.2 Å². The van der Waals surface area contributed by atoms with Crippen LogP contribution >= 0.6 is 0 Å². The number of amides is 1. The lowest BCUT2D eigenvalue weighted by molar-refractivity contribution is -0.118. The molecular weight excluding hydrogens is 344 g/mol. The Morgan fingerprint density at radius 1 is 1.19 bits per heavy atom. The number of aromatic nitrogens is 4. The fourth-order valence-electron chi connectivity index (χ4n) is 2.99. The van der Waals surface area contributed by atoms with Crippen LogP contribution in [0, 0.1) is 0 Å². The first-order chi connectivity index (χ1) is 13.2. The van der Waals surface area contributed by atoms with E-state index in [2.05, 4.69) is 32.3 Å². The zero-order valence-electron chi connectivity index (χ0n) is 15.0. The summed E-state index contributed by atoms with van der Waals surface area (Å²) in [7, 11) is 0. The number of nitrogens with one attached hydrogen (secondary N) is 1. The fourth-order valence-corrected chi connectivity index (χ4v) is 2.99. The quantitative estimate of drug-likeness (QED) is 0.715. The van der Waals surface area contributed by atoms with Gasteiger partial charge < -0.3 is 9.84 Å². The summed E-state index contributed by atoms with van der Waals surface area (Å²) < 4.78 is 5.33. The Bertz CT molecular complexity index is 903. The number of hydrogen-bond donors (Lipinski definition) is 1. The van der Waals surface area contributed by atoms with Crippen molar-refractivity contribution in [2.75, 3.05) is 25.0 Å². The maximum Gasteiger partial charge on any atom is 0.240 e. The van der Waals surface area contributed by atoms with Gasteiger partial charge in [0.25, 0.3) is 0 Å². The van der Waals surface area contributed by atoms with Crippen LogP contribution in [0.15, 0.2) is 47.2 Å².